The molecule has 1 aliphatic heterocycles. The van der Waals surface area contributed by atoms with Crippen molar-refractivity contribution >= 4 is 0 Å². The zero-order valence-electron chi connectivity index (χ0n) is 9.84. The minimum atomic E-state index is -4.49. The summed E-state index contributed by atoms with van der Waals surface area (Å²) >= 11 is 0. The van der Waals surface area contributed by atoms with Crippen molar-refractivity contribution < 1.29 is 23.0 Å². The molecule has 0 saturated carbocycles. The number of rotatable bonds is 2. The van der Waals surface area contributed by atoms with Crippen molar-refractivity contribution in [2.24, 2.45) is 0 Å². The topological polar surface area (TPSA) is 41.5 Å². The van der Waals surface area contributed by atoms with Crippen molar-refractivity contribution in [3.8, 4) is 11.5 Å². The van der Waals surface area contributed by atoms with Crippen molar-refractivity contribution in [3.63, 3.8) is 0 Å². The summed E-state index contributed by atoms with van der Waals surface area (Å²) in [7, 11) is 1.30. The summed E-state index contributed by atoms with van der Waals surface area (Å²) in [5, 5.41) is 12.9. The third kappa shape index (κ3) is 2.38. The minimum absolute atomic E-state index is 0.0710. The fourth-order valence-corrected chi connectivity index (χ4v) is 2.23. The lowest BCUT2D eigenvalue weighted by atomic mass is 10.0. The van der Waals surface area contributed by atoms with Crippen LogP contribution in [0.1, 0.15) is 30.0 Å². The number of hydrogen-bond acceptors (Lipinski definition) is 3. The molecule has 2 rings (SSSR count). The van der Waals surface area contributed by atoms with E-state index in [-0.39, 0.29) is 17.5 Å². The van der Waals surface area contributed by atoms with Crippen LogP contribution in [-0.4, -0.2) is 18.8 Å². The second-order valence-electron chi connectivity index (χ2n) is 4.26. The SMILES string of the molecule is COc1cc(C(F)(F)F)cc(O)c1C1CCCN1. The lowest BCUT2D eigenvalue weighted by Gasteiger charge is -2.18. The van der Waals surface area contributed by atoms with Gasteiger partial charge in [-0.3, -0.25) is 0 Å². The molecule has 2 N–H and O–H groups in total. The van der Waals surface area contributed by atoms with Crippen molar-refractivity contribution in [2.75, 3.05) is 13.7 Å². The third-order valence-electron chi connectivity index (χ3n) is 3.08. The van der Waals surface area contributed by atoms with Crippen molar-refractivity contribution in [1.82, 2.24) is 5.32 Å². The van der Waals surface area contributed by atoms with Gasteiger partial charge in [0, 0.05) is 6.04 Å². The highest BCUT2D eigenvalue weighted by Crippen LogP contribution is 2.42. The van der Waals surface area contributed by atoms with Crippen LogP contribution in [0.25, 0.3) is 0 Å². The molecule has 0 aliphatic carbocycles. The van der Waals surface area contributed by atoms with E-state index in [0.29, 0.717) is 5.56 Å². The smallest absolute Gasteiger partial charge is 0.416 e. The zero-order valence-corrected chi connectivity index (χ0v) is 9.84. The van der Waals surface area contributed by atoms with Crippen LogP contribution >= 0.6 is 0 Å². The van der Waals surface area contributed by atoms with Crippen molar-refractivity contribution in [2.45, 2.75) is 25.1 Å². The first-order chi connectivity index (χ1) is 8.43. The lowest BCUT2D eigenvalue weighted by Crippen LogP contribution is -2.15. The largest absolute Gasteiger partial charge is 0.507 e. The number of hydrogen-bond donors (Lipinski definition) is 2. The molecule has 0 bridgehead atoms. The summed E-state index contributed by atoms with van der Waals surface area (Å²) in [4.78, 5) is 0. The Bertz CT molecular complexity index is 440. The number of ether oxygens (including phenoxy) is 1. The highest BCUT2D eigenvalue weighted by Gasteiger charge is 2.34. The Hall–Kier alpha value is -1.43. The van der Waals surface area contributed by atoms with Crippen LogP contribution in [0.5, 0.6) is 11.5 Å². The van der Waals surface area contributed by atoms with Crippen LogP contribution in [0.3, 0.4) is 0 Å². The average molecular weight is 261 g/mol. The second kappa shape index (κ2) is 4.68. The van der Waals surface area contributed by atoms with Gasteiger partial charge in [0.25, 0.3) is 0 Å². The number of alkyl halides is 3. The van der Waals surface area contributed by atoms with Crippen LogP contribution in [0.2, 0.25) is 0 Å². The van der Waals surface area contributed by atoms with Crippen molar-refractivity contribution in [3.05, 3.63) is 23.3 Å². The zero-order chi connectivity index (χ0) is 13.3. The Morgan fingerprint density at radius 2 is 2.11 bits per heavy atom. The van der Waals surface area contributed by atoms with Gasteiger partial charge in [-0.25, -0.2) is 0 Å². The highest BCUT2D eigenvalue weighted by molar-refractivity contribution is 5.50. The molecule has 1 heterocycles. The number of aromatic hydroxyl groups is 1. The first-order valence-electron chi connectivity index (χ1n) is 5.65. The summed E-state index contributed by atoms with van der Waals surface area (Å²) in [6.45, 7) is 0.786. The standard InChI is InChI=1S/C12H14F3NO2/c1-18-10-6-7(12(13,14)15)5-9(17)11(10)8-3-2-4-16-8/h5-6,8,16-17H,2-4H2,1H3. The number of phenolic OH excluding ortho intramolecular Hbond substituents is 1. The molecular weight excluding hydrogens is 247 g/mol. The number of phenols is 1. The van der Waals surface area contributed by atoms with E-state index in [1.807, 2.05) is 0 Å². The van der Waals surface area contributed by atoms with E-state index in [2.05, 4.69) is 5.32 Å². The van der Waals surface area contributed by atoms with Crippen LogP contribution in [0.4, 0.5) is 13.2 Å². The van der Waals surface area contributed by atoms with Gasteiger partial charge >= 0.3 is 6.18 Å². The monoisotopic (exact) mass is 261 g/mol. The summed E-state index contributed by atoms with van der Waals surface area (Å²) in [5.74, 6) is -0.303. The Labute approximate surface area is 103 Å². The van der Waals surface area contributed by atoms with E-state index in [1.165, 1.54) is 7.11 Å². The molecule has 1 fully saturated rings. The predicted octanol–water partition coefficient (Wildman–Crippen LogP) is 2.84. The molecule has 3 nitrogen and oxygen atoms in total. The summed E-state index contributed by atoms with van der Waals surface area (Å²) in [6, 6.07) is 1.52. The normalized spacial score (nSPS) is 20.1. The number of halogens is 3. The molecule has 18 heavy (non-hydrogen) atoms. The van der Waals surface area contributed by atoms with Gasteiger partial charge in [-0.1, -0.05) is 0 Å². The van der Waals surface area contributed by atoms with E-state index in [9.17, 15) is 18.3 Å². The molecule has 0 amide bonds. The molecule has 1 atom stereocenters. The van der Waals surface area contributed by atoms with Crippen LogP contribution in [0.15, 0.2) is 12.1 Å². The molecule has 1 aromatic carbocycles. The third-order valence-corrected chi connectivity index (χ3v) is 3.08. The Kier molecular flexibility index (Phi) is 3.38. The van der Waals surface area contributed by atoms with Gasteiger partial charge < -0.3 is 15.2 Å². The molecule has 0 spiro atoms. The van der Waals surface area contributed by atoms with Crippen molar-refractivity contribution in [1.29, 1.82) is 0 Å². The molecular formula is C12H14F3NO2. The molecule has 1 aromatic rings. The fraction of sp³-hybridized carbons (Fsp3) is 0.500. The van der Waals surface area contributed by atoms with Gasteiger partial charge in [0.1, 0.15) is 11.5 Å². The van der Waals surface area contributed by atoms with Gasteiger partial charge in [-0.05, 0) is 31.5 Å². The van der Waals surface area contributed by atoms with E-state index >= 15 is 0 Å². The van der Waals surface area contributed by atoms with Gasteiger partial charge in [0.2, 0.25) is 0 Å². The van der Waals surface area contributed by atoms with Gasteiger partial charge in [-0.2, -0.15) is 13.2 Å². The fourth-order valence-electron chi connectivity index (χ4n) is 2.23. The van der Waals surface area contributed by atoms with E-state index in [1.54, 1.807) is 0 Å². The quantitative estimate of drug-likeness (QED) is 0.860. The molecule has 1 aliphatic rings. The molecule has 0 aromatic heterocycles. The number of benzene rings is 1. The lowest BCUT2D eigenvalue weighted by molar-refractivity contribution is -0.137. The summed E-state index contributed by atoms with van der Waals surface area (Å²) < 4.78 is 42.8. The molecule has 6 heteroatoms. The molecule has 0 radical (unpaired) electrons. The maximum Gasteiger partial charge on any atom is 0.416 e. The first kappa shape index (κ1) is 13.0. The Morgan fingerprint density at radius 1 is 1.39 bits per heavy atom. The van der Waals surface area contributed by atoms with Gasteiger partial charge in [-0.15, -0.1) is 0 Å². The molecule has 1 unspecified atom stereocenters. The maximum absolute atomic E-state index is 12.6. The number of methoxy groups -OCH3 is 1. The predicted molar refractivity (Wildman–Crippen MR) is 59.6 cm³/mol. The Balaban J connectivity index is 2.47. The molecule has 100 valence electrons. The van der Waals surface area contributed by atoms with Crippen LogP contribution < -0.4 is 10.1 Å². The molecule has 1 saturated heterocycles. The van der Waals surface area contributed by atoms with Gasteiger partial charge in [0.15, 0.2) is 0 Å². The van der Waals surface area contributed by atoms with Crippen LogP contribution in [0, 0.1) is 0 Å². The van der Waals surface area contributed by atoms with Crippen LogP contribution in [-0.2, 0) is 6.18 Å². The highest BCUT2D eigenvalue weighted by atomic mass is 19.4. The summed E-state index contributed by atoms with van der Waals surface area (Å²) in [6.07, 6.45) is -2.80. The Morgan fingerprint density at radius 3 is 2.61 bits per heavy atom. The second-order valence-corrected chi connectivity index (χ2v) is 4.26. The first-order valence-corrected chi connectivity index (χ1v) is 5.65. The van der Waals surface area contributed by atoms with E-state index < -0.39 is 11.7 Å². The average Bonchev–Trinajstić information content (AvgIpc) is 2.79. The minimum Gasteiger partial charge on any atom is -0.507 e. The maximum atomic E-state index is 12.6. The summed E-state index contributed by atoms with van der Waals surface area (Å²) in [5.41, 5.74) is -0.499. The number of nitrogens with one attached hydrogen (secondary N) is 1. The van der Waals surface area contributed by atoms with E-state index in [4.69, 9.17) is 4.74 Å². The van der Waals surface area contributed by atoms with Gasteiger partial charge in [0.05, 0.1) is 18.2 Å². The van der Waals surface area contributed by atoms with E-state index in [0.717, 1.165) is 31.5 Å².